The van der Waals surface area contributed by atoms with Crippen LogP contribution in [0.25, 0.3) is 0 Å². The smallest absolute Gasteiger partial charge is 0.205 e. The molecule has 1 heterocycles. The Bertz CT molecular complexity index is 881. The van der Waals surface area contributed by atoms with Crippen molar-refractivity contribution < 1.29 is 21.9 Å². The van der Waals surface area contributed by atoms with Gasteiger partial charge in [0.2, 0.25) is 9.84 Å². The van der Waals surface area contributed by atoms with Gasteiger partial charge in [-0.1, -0.05) is 24.3 Å². The quantitative estimate of drug-likeness (QED) is 0.864. The van der Waals surface area contributed by atoms with Gasteiger partial charge in [0, 0.05) is 0 Å². The summed E-state index contributed by atoms with van der Waals surface area (Å²) in [4.78, 5) is 4.02. The van der Waals surface area contributed by atoms with Gasteiger partial charge in [0.15, 0.2) is 29.5 Å². The number of benzene rings is 2. The summed E-state index contributed by atoms with van der Waals surface area (Å²) in [6.07, 6.45) is 0.0154. The van der Waals surface area contributed by atoms with E-state index in [1.165, 1.54) is 12.1 Å². The second-order valence-corrected chi connectivity index (χ2v) is 7.20. The van der Waals surface area contributed by atoms with Gasteiger partial charge in [-0.3, -0.25) is 0 Å². The van der Waals surface area contributed by atoms with E-state index in [2.05, 4.69) is 4.99 Å². The molecule has 23 heavy (non-hydrogen) atoms. The van der Waals surface area contributed by atoms with Crippen LogP contribution in [0.2, 0.25) is 0 Å². The van der Waals surface area contributed by atoms with Crippen molar-refractivity contribution in [3.8, 4) is 0 Å². The van der Waals surface area contributed by atoms with E-state index in [0.717, 1.165) is 18.5 Å². The fourth-order valence-corrected chi connectivity index (χ4v) is 4.29. The number of rotatable bonds is 3. The molecule has 0 saturated carbocycles. The molecule has 0 bridgehead atoms. The number of sulfone groups is 1. The summed E-state index contributed by atoms with van der Waals surface area (Å²) in [7, 11) is -3.83. The standard InChI is InChI=1S/C16H13F2NO3S/c1-10-4-2-3-5-14(10)23(20,21)16-15(22-9-19-16)11-6-7-12(17)13(18)8-11/h2-9,15-16H,1H3. The zero-order valence-corrected chi connectivity index (χ0v) is 12.9. The molecule has 7 heteroatoms. The average molecular weight is 337 g/mol. The summed E-state index contributed by atoms with van der Waals surface area (Å²) < 4.78 is 57.4. The highest BCUT2D eigenvalue weighted by atomic mass is 32.2. The van der Waals surface area contributed by atoms with E-state index in [9.17, 15) is 17.2 Å². The predicted octanol–water partition coefficient (Wildman–Crippen LogP) is 3.17. The van der Waals surface area contributed by atoms with E-state index in [0.29, 0.717) is 5.56 Å². The molecule has 0 aliphatic carbocycles. The molecule has 0 amide bonds. The molecular weight excluding hydrogens is 324 g/mol. The molecule has 120 valence electrons. The van der Waals surface area contributed by atoms with Crippen LogP contribution in [0, 0.1) is 18.6 Å². The molecule has 2 atom stereocenters. The van der Waals surface area contributed by atoms with Crippen molar-refractivity contribution in [3.05, 3.63) is 65.2 Å². The molecule has 0 saturated heterocycles. The monoisotopic (exact) mass is 337 g/mol. The first-order valence-corrected chi connectivity index (χ1v) is 8.37. The van der Waals surface area contributed by atoms with Gasteiger partial charge in [-0.25, -0.2) is 22.2 Å². The molecule has 0 spiro atoms. The first-order valence-electron chi connectivity index (χ1n) is 6.83. The number of aliphatic imine (C=N–C) groups is 1. The van der Waals surface area contributed by atoms with Crippen molar-refractivity contribution in [1.29, 1.82) is 0 Å². The minimum Gasteiger partial charge on any atom is -0.472 e. The molecule has 4 nitrogen and oxygen atoms in total. The van der Waals surface area contributed by atoms with Gasteiger partial charge in [0.05, 0.1) is 4.90 Å². The molecule has 1 aliphatic heterocycles. The van der Waals surface area contributed by atoms with Crippen LogP contribution < -0.4 is 0 Å². The normalized spacial score (nSPS) is 20.5. The van der Waals surface area contributed by atoms with E-state index in [1.807, 2.05) is 0 Å². The number of halogens is 2. The van der Waals surface area contributed by atoms with E-state index in [-0.39, 0.29) is 10.5 Å². The van der Waals surface area contributed by atoms with Crippen molar-refractivity contribution in [1.82, 2.24) is 0 Å². The Morgan fingerprint density at radius 2 is 1.83 bits per heavy atom. The van der Waals surface area contributed by atoms with Crippen LogP contribution >= 0.6 is 0 Å². The largest absolute Gasteiger partial charge is 0.472 e. The molecule has 0 N–H and O–H groups in total. The zero-order valence-electron chi connectivity index (χ0n) is 12.1. The lowest BCUT2D eigenvalue weighted by Gasteiger charge is -2.19. The summed E-state index contributed by atoms with van der Waals surface area (Å²) in [6, 6.07) is 9.67. The Labute approximate surface area is 132 Å². The summed E-state index contributed by atoms with van der Waals surface area (Å²) in [6.45, 7) is 1.68. The highest BCUT2D eigenvalue weighted by Gasteiger charge is 2.40. The van der Waals surface area contributed by atoms with Crippen LogP contribution in [0.4, 0.5) is 8.78 Å². The van der Waals surface area contributed by atoms with E-state index >= 15 is 0 Å². The van der Waals surface area contributed by atoms with Gasteiger partial charge in [-0.2, -0.15) is 0 Å². The summed E-state index contributed by atoms with van der Waals surface area (Å²) in [5.74, 6) is -2.07. The molecule has 0 aromatic heterocycles. The SMILES string of the molecule is Cc1ccccc1S(=O)(=O)C1N=COC1c1ccc(F)c(F)c1. The van der Waals surface area contributed by atoms with Crippen molar-refractivity contribution in [2.24, 2.45) is 4.99 Å². The molecule has 3 rings (SSSR count). The topological polar surface area (TPSA) is 55.7 Å². The lowest BCUT2D eigenvalue weighted by atomic mass is 10.1. The van der Waals surface area contributed by atoms with Crippen LogP contribution in [0.15, 0.2) is 52.4 Å². The number of ether oxygens (including phenoxy) is 1. The van der Waals surface area contributed by atoms with E-state index in [4.69, 9.17) is 4.74 Å². The summed E-state index contributed by atoms with van der Waals surface area (Å²) in [5.41, 5.74) is 0.794. The van der Waals surface area contributed by atoms with Crippen molar-refractivity contribution >= 4 is 16.2 Å². The highest BCUT2D eigenvalue weighted by Crippen LogP contribution is 2.35. The zero-order chi connectivity index (χ0) is 16.6. The molecule has 0 fully saturated rings. The van der Waals surface area contributed by atoms with Gasteiger partial charge >= 0.3 is 0 Å². The number of hydrogen-bond acceptors (Lipinski definition) is 4. The van der Waals surface area contributed by atoms with E-state index < -0.39 is 32.9 Å². The average Bonchev–Trinajstić information content (AvgIpc) is 3.00. The molecular formula is C16H13F2NO3S. The Morgan fingerprint density at radius 1 is 1.09 bits per heavy atom. The number of aryl methyl sites for hydroxylation is 1. The second kappa shape index (κ2) is 5.73. The van der Waals surface area contributed by atoms with Crippen LogP contribution in [0.1, 0.15) is 17.2 Å². The maximum absolute atomic E-state index is 13.4. The van der Waals surface area contributed by atoms with Gasteiger partial charge in [0.25, 0.3) is 0 Å². The lowest BCUT2D eigenvalue weighted by Crippen LogP contribution is -2.25. The van der Waals surface area contributed by atoms with Crippen LogP contribution in [0.3, 0.4) is 0 Å². The third-order valence-electron chi connectivity index (χ3n) is 3.66. The maximum atomic E-state index is 13.4. The summed E-state index contributed by atoms with van der Waals surface area (Å²) in [5, 5.41) is -1.24. The first-order chi connectivity index (χ1) is 10.9. The second-order valence-electron chi connectivity index (χ2n) is 5.19. The molecule has 1 aliphatic rings. The Kier molecular flexibility index (Phi) is 3.89. The maximum Gasteiger partial charge on any atom is 0.205 e. The Morgan fingerprint density at radius 3 is 2.52 bits per heavy atom. The van der Waals surface area contributed by atoms with Crippen LogP contribution in [0.5, 0.6) is 0 Å². The molecule has 2 aromatic carbocycles. The predicted molar refractivity (Wildman–Crippen MR) is 80.8 cm³/mol. The summed E-state index contributed by atoms with van der Waals surface area (Å²) >= 11 is 0. The fourth-order valence-electron chi connectivity index (χ4n) is 2.49. The van der Waals surface area contributed by atoms with Crippen LogP contribution in [-0.4, -0.2) is 20.2 Å². The third kappa shape index (κ3) is 2.72. The minimum absolute atomic E-state index is 0.139. The number of nitrogens with zero attached hydrogens (tertiary/aromatic N) is 1. The minimum atomic E-state index is -3.83. The van der Waals surface area contributed by atoms with Crippen molar-refractivity contribution in [2.45, 2.75) is 23.3 Å². The van der Waals surface area contributed by atoms with Gasteiger partial charge in [-0.15, -0.1) is 0 Å². The van der Waals surface area contributed by atoms with Crippen LogP contribution in [-0.2, 0) is 14.6 Å². The first kappa shape index (κ1) is 15.6. The van der Waals surface area contributed by atoms with E-state index in [1.54, 1.807) is 25.1 Å². The number of hydrogen-bond donors (Lipinski definition) is 0. The Balaban J connectivity index is 2.03. The van der Waals surface area contributed by atoms with Gasteiger partial charge in [-0.05, 0) is 36.2 Å². The van der Waals surface area contributed by atoms with Gasteiger partial charge in [0.1, 0.15) is 0 Å². The Hall–Kier alpha value is -2.28. The lowest BCUT2D eigenvalue weighted by molar-refractivity contribution is 0.226. The van der Waals surface area contributed by atoms with Gasteiger partial charge < -0.3 is 4.74 Å². The molecule has 2 aromatic rings. The van der Waals surface area contributed by atoms with Crippen molar-refractivity contribution in [2.75, 3.05) is 0 Å². The molecule has 0 radical (unpaired) electrons. The highest BCUT2D eigenvalue weighted by molar-refractivity contribution is 7.92. The fraction of sp³-hybridized carbons (Fsp3) is 0.188. The van der Waals surface area contributed by atoms with Crippen molar-refractivity contribution in [3.63, 3.8) is 0 Å². The molecule has 2 unspecified atom stereocenters. The third-order valence-corrected chi connectivity index (χ3v) is 5.74.